The number of hydrogen-bond acceptors (Lipinski definition) is 4. The fraction of sp³-hybridized carbons (Fsp3) is 0.833. The van der Waals surface area contributed by atoms with Gasteiger partial charge < -0.3 is 10.2 Å². The second-order valence-corrected chi connectivity index (χ2v) is 7.68. The van der Waals surface area contributed by atoms with E-state index in [0.29, 0.717) is 17.7 Å². The fourth-order valence-corrected chi connectivity index (χ4v) is 4.08. The number of piperidine rings is 1. The summed E-state index contributed by atoms with van der Waals surface area (Å²) in [4.78, 5) is 14.9. The summed E-state index contributed by atoms with van der Waals surface area (Å²) >= 11 is 0. The fourth-order valence-electron chi connectivity index (χ4n) is 4.08. The smallest absolute Gasteiger partial charge is 0.276 e. The van der Waals surface area contributed by atoms with Crippen molar-refractivity contribution in [2.75, 3.05) is 26.2 Å². The van der Waals surface area contributed by atoms with Gasteiger partial charge in [-0.25, -0.2) is 4.68 Å². The van der Waals surface area contributed by atoms with Crippen LogP contribution in [-0.2, 0) is 0 Å². The maximum Gasteiger partial charge on any atom is 0.276 e. The molecule has 0 spiro atoms. The van der Waals surface area contributed by atoms with E-state index in [-0.39, 0.29) is 18.3 Å². The summed E-state index contributed by atoms with van der Waals surface area (Å²) in [5.41, 5.74) is 1.48. The topological polar surface area (TPSA) is 63.1 Å². The predicted octanol–water partition coefficient (Wildman–Crippen LogP) is 2.83. The van der Waals surface area contributed by atoms with Crippen molar-refractivity contribution in [2.24, 2.45) is 11.8 Å². The van der Waals surface area contributed by atoms with Crippen molar-refractivity contribution in [1.29, 1.82) is 0 Å². The molecule has 142 valence electrons. The molecule has 1 aromatic heterocycles. The first-order valence-corrected chi connectivity index (χ1v) is 9.49. The van der Waals surface area contributed by atoms with Crippen molar-refractivity contribution in [3.8, 4) is 0 Å². The van der Waals surface area contributed by atoms with Gasteiger partial charge in [-0.05, 0) is 64.0 Å². The Balaban J connectivity index is 0.00000225. The third-order valence-electron chi connectivity index (χ3n) is 5.79. The lowest BCUT2D eigenvalue weighted by atomic mass is 9.89. The highest BCUT2D eigenvalue weighted by Gasteiger charge is 2.28. The quantitative estimate of drug-likeness (QED) is 0.889. The standard InChI is InChI=1S/C18H31N5O.ClH/c1-13(2)15-5-4-11-22(12-8-15)18(24)17-14(3)23(21-20-17)16-6-9-19-10-7-16;/h13,15-16,19H,4-12H2,1-3H3;1H. The van der Waals surface area contributed by atoms with Crippen LogP contribution >= 0.6 is 12.4 Å². The van der Waals surface area contributed by atoms with Gasteiger partial charge >= 0.3 is 0 Å². The Labute approximate surface area is 157 Å². The molecule has 0 radical (unpaired) electrons. The summed E-state index contributed by atoms with van der Waals surface area (Å²) in [5.74, 6) is 1.49. The van der Waals surface area contributed by atoms with Crippen LogP contribution in [0.15, 0.2) is 0 Å². The highest BCUT2D eigenvalue weighted by molar-refractivity contribution is 5.93. The van der Waals surface area contributed by atoms with Crippen molar-refractivity contribution in [2.45, 2.75) is 58.9 Å². The van der Waals surface area contributed by atoms with Crippen LogP contribution in [0.4, 0.5) is 0 Å². The molecule has 1 aromatic rings. The molecule has 1 amide bonds. The number of hydrogen-bond donors (Lipinski definition) is 1. The molecule has 25 heavy (non-hydrogen) atoms. The van der Waals surface area contributed by atoms with Gasteiger partial charge in [0.25, 0.3) is 5.91 Å². The second kappa shape index (κ2) is 8.99. The molecule has 0 aliphatic carbocycles. The van der Waals surface area contributed by atoms with Gasteiger partial charge in [-0.2, -0.15) is 0 Å². The van der Waals surface area contributed by atoms with Crippen LogP contribution in [0.25, 0.3) is 0 Å². The zero-order valence-electron chi connectivity index (χ0n) is 15.7. The first-order chi connectivity index (χ1) is 11.6. The molecule has 6 nitrogen and oxygen atoms in total. The number of carbonyl (C=O) groups is 1. The van der Waals surface area contributed by atoms with E-state index in [4.69, 9.17) is 0 Å². The highest BCUT2D eigenvalue weighted by Crippen LogP contribution is 2.26. The minimum absolute atomic E-state index is 0. The van der Waals surface area contributed by atoms with Crippen molar-refractivity contribution in [3.05, 3.63) is 11.4 Å². The summed E-state index contributed by atoms with van der Waals surface area (Å²) in [5, 5.41) is 11.9. The molecule has 1 unspecified atom stereocenters. The lowest BCUT2D eigenvalue weighted by Gasteiger charge is -2.24. The van der Waals surface area contributed by atoms with Crippen molar-refractivity contribution < 1.29 is 4.79 Å². The normalized spacial score (nSPS) is 22.6. The Bertz CT molecular complexity index is 568. The van der Waals surface area contributed by atoms with Gasteiger partial charge in [-0.3, -0.25) is 4.79 Å². The maximum absolute atomic E-state index is 12.9. The van der Waals surface area contributed by atoms with E-state index in [1.165, 1.54) is 6.42 Å². The van der Waals surface area contributed by atoms with E-state index in [1.54, 1.807) is 0 Å². The lowest BCUT2D eigenvalue weighted by Crippen LogP contribution is -2.33. The monoisotopic (exact) mass is 369 g/mol. The van der Waals surface area contributed by atoms with Gasteiger partial charge in [-0.1, -0.05) is 19.1 Å². The van der Waals surface area contributed by atoms with Crippen molar-refractivity contribution in [1.82, 2.24) is 25.2 Å². The molecule has 2 fully saturated rings. The van der Waals surface area contributed by atoms with Crippen LogP contribution in [-0.4, -0.2) is 52.0 Å². The number of amides is 1. The SMILES string of the molecule is Cc1c(C(=O)N2CCCC(C(C)C)CC2)nnn1C1CCNCC1.Cl. The van der Waals surface area contributed by atoms with Crippen LogP contribution < -0.4 is 5.32 Å². The van der Waals surface area contributed by atoms with Gasteiger partial charge in [-0.15, -0.1) is 17.5 Å². The Morgan fingerprint density at radius 3 is 2.56 bits per heavy atom. The Morgan fingerprint density at radius 2 is 1.88 bits per heavy atom. The summed E-state index contributed by atoms with van der Waals surface area (Å²) in [6.07, 6.45) is 5.53. The Morgan fingerprint density at radius 1 is 1.16 bits per heavy atom. The van der Waals surface area contributed by atoms with Crippen LogP contribution in [0.2, 0.25) is 0 Å². The van der Waals surface area contributed by atoms with Crippen molar-refractivity contribution in [3.63, 3.8) is 0 Å². The third kappa shape index (κ3) is 4.53. The number of aromatic nitrogens is 3. The van der Waals surface area contributed by atoms with Crippen LogP contribution in [0.3, 0.4) is 0 Å². The van der Waals surface area contributed by atoms with Gasteiger partial charge in [0.05, 0.1) is 11.7 Å². The number of nitrogens with zero attached hydrogens (tertiary/aromatic N) is 4. The van der Waals surface area contributed by atoms with Gasteiger partial charge in [0.2, 0.25) is 0 Å². The minimum Gasteiger partial charge on any atom is -0.337 e. The number of nitrogens with one attached hydrogen (secondary N) is 1. The molecule has 7 heteroatoms. The number of rotatable bonds is 3. The lowest BCUT2D eigenvalue weighted by molar-refractivity contribution is 0.0752. The highest BCUT2D eigenvalue weighted by atomic mass is 35.5. The summed E-state index contributed by atoms with van der Waals surface area (Å²) in [6.45, 7) is 10.3. The first kappa shape index (κ1) is 20.2. The zero-order valence-corrected chi connectivity index (χ0v) is 16.5. The molecule has 2 saturated heterocycles. The number of likely N-dealkylation sites (tertiary alicyclic amines) is 1. The largest absolute Gasteiger partial charge is 0.337 e. The molecule has 0 saturated carbocycles. The van der Waals surface area contributed by atoms with E-state index in [0.717, 1.165) is 63.5 Å². The summed E-state index contributed by atoms with van der Waals surface area (Å²) in [7, 11) is 0. The maximum atomic E-state index is 12.9. The zero-order chi connectivity index (χ0) is 17.1. The van der Waals surface area contributed by atoms with Crippen LogP contribution in [0, 0.1) is 18.8 Å². The number of carbonyl (C=O) groups excluding carboxylic acids is 1. The molecule has 2 aliphatic rings. The number of halogens is 1. The molecule has 1 atom stereocenters. The summed E-state index contributed by atoms with van der Waals surface area (Å²) in [6, 6.07) is 0.370. The predicted molar refractivity (Wildman–Crippen MR) is 101 cm³/mol. The average Bonchev–Trinajstić information content (AvgIpc) is 2.81. The van der Waals surface area contributed by atoms with Gasteiger partial charge in [0.15, 0.2) is 5.69 Å². The minimum atomic E-state index is 0. The van der Waals surface area contributed by atoms with Crippen LogP contribution in [0.1, 0.15) is 68.2 Å². The molecular weight excluding hydrogens is 338 g/mol. The second-order valence-electron chi connectivity index (χ2n) is 7.68. The van der Waals surface area contributed by atoms with Gasteiger partial charge in [0, 0.05) is 13.1 Å². The molecular formula is C18H32ClN5O. The molecule has 0 aromatic carbocycles. The van der Waals surface area contributed by atoms with E-state index < -0.39 is 0 Å². The molecule has 0 bridgehead atoms. The van der Waals surface area contributed by atoms with Crippen LogP contribution in [0.5, 0.6) is 0 Å². The van der Waals surface area contributed by atoms with E-state index in [1.807, 2.05) is 16.5 Å². The third-order valence-corrected chi connectivity index (χ3v) is 5.79. The first-order valence-electron chi connectivity index (χ1n) is 9.49. The Hall–Kier alpha value is -1.14. The Kier molecular flexibility index (Phi) is 7.25. The van der Waals surface area contributed by atoms with E-state index >= 15 is 0 Å². The molecule has 3 rings (SSSR count). The van der Waals surface area contributed by atoms with Crippen molar-refractivity contribution >= 4 is 18.3 Å². The van der Waals surface area contributed by atoms with E-state index in [2.05, 4.69) is 29.5 Å². The molecule has 1 N–H and O–H groups in total. The average molecular weight is 370 g/mol. The van der Waals surface area contributed by atoms with E-state index in [9.17, 15) is 4.79 Å². The van der Waals surface area contributed by atoms with Gasteiger partial charge in [0.1, 0.15) is 0 Å². The molecule has 2 aliphatic heterocycles. The molecule has 3 heterocycles. The summed E-state index contributed by atoms with van der Waals surface area (Å²) < 4.78 is 1.98.